The largest absolute Gasteiger partial charge is 0.391 e. The number of aliphatic hydroxyl groups excluding tert-OH is 1. The summed E-state index contributed by atoms with van der Waals surface area (Å²) in [6.07, 6.45) is 5.75. The lowest BCUT2D eigenvalue weighted by molar-refractivity contribution is 0.133. The Kier molecular flexibility index (Phi) is 3.42. The fourth-order valence-electron chi connectivity index (χ4n) is 3.04. The molecule has 1 aliphatic rings. The zero-order valence-electron chi connectivity index (χ0n) is 13.0. The summed E-state index contributed by atoms with van der Waals surface area (Å²) in [6.45, 7) is 2.36. The Bertz CT molecular complexity index is 867. The van der Waals surface area contributed by atoms with Gasteiger partial charge in [0.1, 0.15) is 5.82 Å². The summed E-state index contributed by atoms with van der Waals surface area (Å²) in [5.74, 6) is 0.252. The Morgan fingerprint density at radius 2 is 2.09 bits per heavy atom. The molecule has 23 heavy (non-hydrogen) atoms. The number of fused-ring (bicyclic) bond motifs is 1. The van der Waals surface area contributed by atoms with Crippen LogP contribution in [0.15, 0.2) is 42.7 Å². The van der Waals surface area contributed by atoms with E-state index in [0.717, 1.165) is 35.0 Å². The molecule has 2 aromatic heterocycles. The molecule has 0 spiro atoms. The van der Waals surface area contributed by atoms with Crippen molar-refractivity contribution in [2.75, 3.05) is 0 Å². The highest BCUT2D eigenvalue weighted by Crippen LogP contribution is 2.34. The number of hydrogen-bond acceptors (Lipinski definition) is 2. The molecule has 1 atom stereocenters. The number of aliphatic hydroxyl groups is 1. The molecular weight excluding hydrogens is 291 g/mol. The van der Waals surface area contributed by atoms with Crippen molar-refractivity contribution in [3.63, 3.8) is 0 Å². The highest BCUT2D eigenvalue weighted by Gasteiger charge is 2.29. The molecule has 3 aromatic rings. The zero-order valence-corrected chi connectivity index (χ0v) is 13.0. The van der Waals surface area contributed by atoms with E-state index in [-0.39, 0.29) is 11.9 Å². The Balaban J connectivity index is 1.72. The molecule has 0 bridgehead atoms. The van der Waals surface area contributed by atoms with E-state index in [2.05, 4.69) is 15.6 Å². The summed E-state index contributed by atoms with van der Waals surface area (Å²) in [7, 11) is 0. The number of aryl methyl sites for hydroxylation is 1. The monoisotopic (exact) mass is 310 g/mol. The summed E-state index contributed by atoms with van der Waals surface area (Å²) >= 11 is 0. The van der Waals surface area contributed by atoms with Gasteiger partial charge in [0.05, 0.1) is 17.1 Å². The van der Waals surface area contributed by atoms with Gasteiger partial charge in [0.2, 0.25) is 0 Å². The Labute approximate surface area is 134 Å². The molecule has 3 nitrogen and oxygen atoms in total. The van der Waals surface area contributed by atoms with Crippen LogP contribution in [0.5, 0.6) is 0 Å². The lowest BCUT2D eigenvalue weighted by Crippen LogP contribution is -2.17. The molecule has 4 heteroatoms. The van der Waals surface area contributed by atoms with Crippen LogP contribution in [-0.4, -0.2) is 20.8 Å². The van der Waals surface area contributed by atoms with E-state index < -0.39 is 0 Å². The second kappa shape index (κ2) is 5.46. The van der Waals surface area contributed by atoms with E-state index >= 15 is 0 Å². The van der Waals surface area contributed by atoms with Crippen molar-refractivity contribution in [2.45, 2.75) is 32.4 Å². The summed E-state index contributed by atoms with van der Waals surface area (Å²) in [5.41, 5.74) is 4.46. The van der Waals surface area contributed by atoms with Gasteiger partial charge in [0.15, 0.2) is 0 Å². The average Bonchev–Trinajstić information content (AvgIpc) is 3.33. The molecule has 1 saturated carbocycles. The summed E-state index contributed by atoms with van der Waals surface area (Å²) < 4.78 is 15.5. The van der Waals surface area contributed by atoms with Crippen LogP contribution in [0.1, 0.15) is 18.4 Å². The molecule has 1 aliphatic carbocycles. The lowest BCUT2D eigenvalue weighted by atomic mass is 10.0. The van der Waals surface area contributed by atoms with E-state index in [1.807, 2.05) is 24.5 Å². The highest BCUT2D eigenvalue weighted by molar-refractivity contribution is 5.81. The SMILES string of the molecule is Cc1cc(-c2cnc3ccn(CC(O)C4CC4)c3c2)ccc1F. The van der Waals surface area contributed by atoms with Crippen LogP contribution in [-0.2, 0) is 6.54 Å². The maximum Gasteiger partial charge on any atom is 0.126 e. The number of aromatic nitrogens is 2. The van der Waals surface area contributed by atoms with Crippen molar-refractivity contribution in [3.05, 3.63) is 54.1 Å². The first-order valence-electron chi connectivity index (χ1n) is 8.01. The molecule has 4 rings (SSSR count). The van der Waals surface area contributed by atoms with Crippen LogP contribution >= 0.6 is 0 Å². The Hall–Kier alpha value is -2.20. The van der Waals surface area contributed by atoms with Gasteiger partial charge in [-0.05, 0) is 61.1 Å². The zero-order chi connectivity index (χ0) is 16.0. The first-order valence-corrected chi connectivity index (χ1v) is 8.01. The van der Waals surface area contributed by atoms with E-state index in [1.165, 1.54) is 6.07 Å². The van der Waals surface area contributed by atoms with E-state index in [4.69, 9.17) is 0 Å². The second-order valence-electron chi connectivity index (χ2n) is 6.47. The van der Waals surface area contributed by atoms with Crippen LogP contribution in [0.4, 0.5) is 4.39 Å². The Morgan fingerprint density at radius 3 is 2.83 bits per heavy atom. The standard InChI is InChI=1S/C19H19FN2O/c1-12-8-14(4-5-16(12)20)15-9-18-17(21-10-15)6-7-22(18)11-19(23)13-2-3-13/h4-10,13,19,23H,2-3,11H2,1H3. The summed E-state index contributed by atoms with van der Waals surface area (Å²) in [5, 5.41) is 10.2. The van der Waals surface area contributed by atoms with Crippen molar-refractivity contribution in [3.8, 4) is 11.1 Å². The lowest BCUT2D eigenvalue weighted by Gasteiger charge is -2.12. The number of pyridine rings is 1. The molecule has 1 N–H and O–H groups in total. The van der Waals surface area contributed by atoms with Crippen LogP contribution in [0.25, 0.3) is 22.2 Å². The maximum atomic E-state index is 13.5. The van der Waals surface area contributed by atoms with E-state index in [9.17, 15) is 9.50 Å². The highest BCUT2D eigenvalue weighted by atomic mass is 19.1. The molecular formula is C19H19FN2O. The predicted molar refractivity (Wildman–Crippen MR) is 88.6 cm³/mol. The number of rotatable bonds is 4. The first kappa shape index (κ1) is 14.4. The molecule has 1 fully saturated rings. The van der Waals surface area contributed by atoms with Crippen LogP contribution < -0.4 is 0 Å². The summed E-state index contributed by atoms with van der Waals surface area (Å²) in [4.78, 5) is 4.50. The third-order valence-electron chi connectivity index (χ3n) is 4.66. The minimum absolute atomic E-state index is 0.196. The van der Waals surface area contributed by atoms with Crippen LogP contribution in [0, 0.1) is 18.7 Å². The molecule has 1 aromatic carbocycles. The van der Waals surface area contributed by atoms with Gasteiger partial charge >= 0.3 is 0 Å². The topological polar surface area (TPSA) is 38.0 Å². The van der Waals surface area contributed by atoms with Gasteiger partial charge in [-0.1, -0.05) is 6.07 Å². The van der Waals surface area contributed by atoms with Gasteiger partial charge in [-0.2, -0.15) is 0 Å². The normalized spacial score (nSPS) is 16.0. The molecule has 0 radical (unpaired) electrons. The predicted octanol–water partition coefficient (Wildman–Crippen LogP) is 3.92. The van der Waals surface area contributed by atoms with Crippen LogP contribution in [0.3, 0.4) is 0 Å². The number of halogens is 1. The fourth-order valence-corrected chi connectivity index (χ4v) is 3.04. The minimum atomic E-state index is -0.290. The van der Waals surface area contributed by atoms with Crippen molar-refractivity contribution in [1.29, 1.82) is 0 Å². The minimum Gasteiger partial charge on any atom is -0.391 e. The second-order valence-corrected chi connectivity index (χ2v) is 6.47. The Morgan fingerprint density at radius 1 is 1.26 bits per heavy atom. The number of benzene rings is 1. The van der Waals surface area contributed by atoms with Crippen molar-refractivity contribution >= 4 is 11.0 Å². The van der Waals surface area contributed by atoms with Crippen molar-refractivity contribution in [1.82, 2.24) is 9.55 Å². The van der Waals surface area contributed by atoms with Gasteiger partial charge in [-0.3, -0.25) is 4.98 Å². The average molecular weight is 310 g/mol. The molecule has 118 valence electrons. The van der Waals surface area contributed by atoms with Crippen molar-refractivity contribution < 1.29 is 9.50 Å². The molecule has 0 saturated heterocycles. The molecule has 1 unspecified atom stereocenters. The molecule has 0 aliphatic heterocycles. The van der Waals surface area contributed by atoms with E-state index in [1.54, 1.807) is 13.0 Å². The smallest absolute Gasteiger partial charge is 0.126 e. The molecule has 2 heterocycles. The maximum absolute atomic E-state index is 13.5. The van der Waals surface area contributed by atoms with Crippen LogP contribution in [0.2, 0.25) is 0 Å². The third-order valence-corrected chi connectivity index (χ3v) is 4.66. The van der Waals surface area contributed by atoms with Crippen molar-refractivity contribution in [2.24, 2.45) is 5.92 Å². The quantitative estimate of drug-likeness (QED) is 0.793. The van der Waals surface area contributed by atoms with Gasteiger partial charge in [0, 0.05) is 24.5 Å². The number of nitrogens with zero attached hydrogens (tertiary/aromatic N) is 2. The fraction of sp³-hybridized carbons (Fsp3) is 0.316. The van der Waals surface area contributed by atoms with Gasteiger partial charge < -0.3 is 9.67 Å². The first-order chi connectivity index (χ1) is 11.1. The number of hydrogen-bond donors (Lipinski definition) is 1. The van der Waals surface area contributed by atoms with E-state index in [0.29, 0.717) is 18.0 Å². The van der Waals surface area contributed by atoms with Gasteiger partial charge in [-0.15, -0.1) is 0 Å². The third kappa shape index (κ3) is 2.75. The molecule has 0 amide bonds. The van der Waals surface area contributed by atoms with Gasteiger partial charge in [0.25, 0.3) is 0 Å². The van der Waals surface area contributed by atoms with Gasteiger partial charge in [-0.25, -0.2) is 4.39 Å². The summed E-state index contributed by atoms with van der Waals surface area (Å²) in [6, 6.07) is 9.13.